The molecule has 0 amide bonds. The van der Waals surface area contributed by atoms with Crippen LogP contribution in [0.15, 0.2) is 109 Å². The van der Waals surface area contributed by atoms with E-state index >= 15 is 0 Å². The van der Waals surface area contributed by atoms with E-state index in [9.17, 15) is 0 Å². The lowest BCUT2D eigenvalue weighted by molar-refractivity contribution is 1.25. The van der Waals surface area contributed by atoms with Crippen molar-refractivity contribution < 1.29 is 0 Å². The van der Waals surface area contributed by atoms with E-state index in [-0.39, 0.29) is 0 Å². The number of benzene rings is 5. The summed E-state index contributed by atoms with van der Waals surface area (Å²) in [6.07, 6.45) is 0. The van der Waals surface area contributed by atoms with Crippen LogP contribution in [0, 0.1) is 34.6 Å². The van der Waals surface area contributed by atoms with Crippen molar-refractivity contribution in [2.75, 3.05) is 10.2 Å². The molecule has 0 aromatic heterocycles. The van der Waals surface area contributed by atoms with Crippen molar-refractivity contribution in [3.05, 3.63) is 137 Å². The van der Waals surface area contributed by atoms with Crippen LogP contribution in [0.25, 0.3) is 11.1 Å². The third-order valence-corrected chi connectivity index (χ3v) is 6.81. The minimum Gasteiger partial charge on any atom is -0.356 e. The summed E-state index contributed by atoms with van der Waals surface area (Å²) in [7, 11) is 0. The van der Waals surface area contributed by atoms with Crippen molar-refractivity contribution in [1.29, 1.82) is 0 Å². The molecule has 0 atom stereocenters. The van der Waals surface area contributed by atoms with Crippen LogP contribution >= 0.6 is 0 Å². The van der Waals surface area contributed by atoms with Gasteiger partial charge in [-0.15, -0.1) is 0 Å². The van der Waals surface area contributed by atoms with Crippen LogP contribution in [-0.4, -0.2) is 0 Å². The molecule has 0 radical (unpaired) electrons. The first-order valence-corrected chi connectivity index (χ1v) is 12.9. The summed E-state index contributed by atoms with van der Waals surface area (Å²) in [6.45, 7) is 10.8. The van der Waals surface area contributed by atoms with E-state index in [2.05, 4.69) is 154 Å². The van der Waals surface area contributed by atoms with Gasteiger partial charge in [0.15, 0.2) is 0 Å². The highest BCUT2D eigenvalue weighted by Crippen LogP contribution is 2.38. The van der Waals surface area contributed by atoms with E-state index in [4.69, 9.17) is 0 Å². The zero-order valence-electron chi connectivity index (χ0n) is 22.3. The maximum absolute atomic E-state index is 3.54. The molecule has 0 aliphatic rings. The zero-order chi connectivity index (χ0) is 25.9. The lowest BCUT2D eigenvalue weighted by atomic mass is 9.95. The highest BCUT2D eigenvalue weighted by atomic mass is 15.1. The Hall–Kier alpha value is -4.30. The second-order valence-corrected chi connectivity index (χ2v) is 10.0. The van der Waals surface area contributed by atoms with Gasteiger partial charge in [0.25, 0.3) is 0 Å². The molecule has 37 heavy (non-hydrogen) atoms. The Morgan fingerprint density at radius 3 is 1.46 bits per heavy atom. The maximum atomic E-state index is 3.54. The number of nitrogens with one attached hydrogen (secondary N) is 1. The third kappa shape index (κ3) is 5.44. The van der Waals surface area contributed by atoms with Crippen molar-refractivity contribution in [3.8, 4) is 11.1 Å². The van der Waals surface area contributed by atoms with E-state index in [1.807, 2.05) is 0 Å². The Morgan fingerprint density at radius 2 is 0.919 bits per heavy atom. The molecular formula is C35H34N2. The minimum atomic E-state index is 1.10. The topological polar surface area (TPSA) is 15.3 Å². The highest BCUT2D eigenvalue weighted by molar-refractivity contribution is 5.81. The Bertz CT molecular complexity index is 1520. The molecule has 0 unspecified atom stereocenters. The second kappa shape index (κ2) is 10.4. The predicted octanol–water partition coefficient (Wildman–Crippen LogP) is 10.1. The van der Waals surface area contributed by atoms with Crippen LogP contribution in [0.1, 0.15) is 27.8 Å². The summed E-state index contributed by atoms with van der Waals surface area (Å²) in [6, 6.07) is 39.3. The van der Waals surface area contributed by atoms with E-state index < -0.39 is 0 Å². The lowest BCUT2D eigenvalue weighted by Crippen LogP contribution is -2.10. The summed E-state index contributed by atoms with van der Waals surface area (Å²) in [5.74, 6) is 0. The highest BCUT2D eigenvalue weighted by Gasteiger charge is 2.15. The number of nitrogens with zero attached hydrogens (tertiary/aromatic N) is 1. The van der Waals surface area contributed by atoms with Gasteiger partial charge in [-0.2, -0.15) is 0 Å². The summed E-state index contributed by atoms with van der Waals surface area (Å²) in [4.78, 5) is 2.35. The Labute approximate surface area is 221 Å². The molecule has 0 aliphatic carbocycles. The molecule has 2 nitrogen and oxygen atoms in total. The van der Waals surface area contributed by atoms with E-state index in [0.717, 1.165) is 17.1 Å². The van der Waals surface area contributed by atoms with Crippen molar-refractivity contribution in [2.24, 2.45) is 0 Å². The molecule has 0 heterocycles. The van der Waals surface area contributed by atoms with Crippen LogP contribution in [0.4, 0.5) is 28.4 Å². The monoisotopic (exact) mass is 482 g/mol. The molecule has 5 aromatic rings. The lowest BCUT2D eigenvalue weighted by Gasteiger charge is -2.27. The first kappa shape index (κ1) is 24.4. The molecule has 0 aliphatic heterocycles. The SMILES string of the molecule is Cc1cccc(Nc2ccc(-c3ccc(N(c4cccc(C)c4)c4cccc(C)c4)cc3C)c(C)c2)c1. The van der Waals surface area contributed by atoms with Crippen LogP contribution in [0.3, 0.4) is 0 Å². The molecule has 184 valence electrons. The van der Waals surface area contributed by atoms with Crippen LogP contribution in [-0.2, 0) is 0 Å². The average Bonchev–Trinajstić information content (AvgIpc) is 2.85. The van der Waals surface area contributed by atoms with Gasteiger partial charge in [0.05, 0.1) is 0 Å². The maximum Gasteiger partial charge on any atom is 0.0464 e. The van der Waals surface area contributed by atoms with E-state index in [1.165, 1.54) is 50.3 Å². The number of hydrogen-bond acceptors (Lipinski definition) is 2. The molecular weight excluding hydrogens is 448 g/mol. The molecule has 2 heteroatoms. The Morgan fingerprint density at radius 1 is 0.432 bits per heavy atom. The molecule has 5 aromatic carbocycles. The van der Waals surface area contributed by atoms with Gasteiger partial charge in [-0.05, 0) is 134 Å². The quantitative estimate of drug-likeness (QED) is 0.259. The van der Waals surface area contributed by atoms with Gasteiger partial charge in [0.1, 0.15) is 0 Å². The fourth-order valence-electron chi connectivity index (χ4n) is 5.00. The standard InChI is InChI=1S/C35H34N2/c1-24-9-6-12-29(19-24)36-30-15-17-34(27(4)22-30)35-18-16-33(23-28(35)5)37(31-13-7-10-25(2)20-31)32-14-8-11-26(3)21-32/h6-23,36H,1-5H3. The molecule has 0 bridgehead atoms. The average molecular weight is 483 g/mol. The van der Waals surface area contributed by atoms with Crippen molar-refractivity contribution in [3.63, 3.8) is 0 Å². The fraction of sp³-hybridized carbons (Fsp3) is 0.143. The molecule has 1 N–H and O–H groups in total. The van der Waals surface area contributed by atoms with Gasteiger partial charge in [-0.25, -0.2) is 0 Å². The van der Waals surface area contributed by atoms with Gasteiger partial charge < -0.3 is 10.2 Å². The fourth-order valence-corrected chi connectivity index (χ4v) is 5.00. The molecule has 0 spiro atoms. The van der Waals surface area contributed by atoms with Crippen LogP contribution < -0.4 is 10.2 Å². The van der Waals surface area contributed by atoms with Crippen LogP contribution in [0.5, 0.6) is 0 Å². The number of rotatable bonds is 6. The van der Waals surface area contributed by atoms with Crippen molar-refractivity contribution in [2.45, 2.75) is 34.6 Å². The number of hydrogen-bond donors (Lipinski definition) is 1. The van der Waals surface area contributed by atoms with Crippen LogP contribution in [0.2, 0.25) is 0 Å². The van der Waals surface area contributed by atoms with E-state index in [1.54, 1.807) is 0 Å². The van der Waals surface area contributed by atoms with E-state index in [0.29, 0.717) is 0 Å². The number of anilines is 5. The van der Waals surface area contributed by atoms with Crippen molar-refractivity contribution >= 4 is 28.4 Å². The van der Waals surface area contributed by atoms with Gasteiger partial charge in [0, 0.05) is 28.4 Å². The largest absolute Gasteiger partial charge is 0.356 e. The van der Waals surface area contributed by atoms with Gasteiger partial charge >= 0.3 is 0 Å². The molecule has 0 fully saturated rings. The van der Waals surface area contributed by atoms with Crippen molar-refractivity contribution in [1.82, 2.24) is 0 Å². The van der Waals surface area contributed by atoms with Gasteiger partial charge in [-0.1, -0.05) is 48.5 Å². The second-order valence-electron chi connectivity index (χ2n) is 10.0. The predicted molar refractivity (Wildman–Crippen MR) is 160 cm³/mol. The van der Waals surface area contributed by atoms with Gasteiger partial charge in [-0.3, -0.25) is 0 Å². The Balaban J connectivity index is 1.50. The summed E-state index contributed by atoms with van der Waals surface area (Å²) in [5, 5.41) is 3.54. The smallest absolute Gasteiger partial charge is 0.0464 e. The first-order chi connectivity index (χ1) is 17.9. The normalized spacial score (nSPS) is 10.8. The summed E-state index contributed by atoms with van der Waals surface area (Å²) in [5.41, 5.74) is 14.5. The number of aryl methyl sites for hydroxylation is 5. The molecule has 5 rings (SSSR count). The molecule has 0 saturated carbocycles. The van der Waals surface area contributed by atoms with Gasteiger partial charge in [0.2, 0.25) is 0 Å². The minimum absolute atomic E-state index is 1.10. The summed E-state index contributed by atoms with van der Waals surface area (Å²) >= 11 is 0. The first-order valence-electron chi connectivity index (χ1n) is 12.9. The zero-order valence-corrected chi connectivity index (χ0v) is 22.3. The molecule has 0 saturated heterocycles. The third-order valence-electron chi connectivity index (χ3n) is 6.81. The Kier molecular flexibility index (Phi) is 6.83. The summed E-state index contributed by atoms with van der Waals surface area (Å²) < 4.78 is 0.